The van der Waals surface area contributed by atoms with Crippen molar-refractivity contribution in [1.82, 2.24) is 4.84 Å². The summed E-state index contributed by atoms with van der Waals surface area (Å²) in [4.78, 5) is 46.4. The quantitative estimate of drug-likeness (QED) is 0.323. The predicted molar refractivity (Wildman–Crippen MR) is 112 cm³/mol. The minimum Gasteiger partial charge on any atom is -0.481 e. The van der Waals surface area contributed by atoms with Crippen molar-refractivity contribution in [2.24, 2.45) is 11.8 Å². The largest absolute Gasteiger partial charge is 0.481 e. The average molecular weight is 465 g/mol. The molecule has 2 atom stereocenters. The van der Waals surface area contributed by atoms with E-state index in [0.29, 0.717) is 6.54 Å². The molecule has 0 aromatic rings. The van der Waals surface area contributed by atoms with Crippen LogP contribution in [-0.2, 0) is 28.7 Å². The lowest BCUT2D eigenvalue weighted by Gasteiger charge is -2.20. The number of ether oxygens (including phenoxy) is 2. The first-order chi connectivity index (χ1) is 14.0. The number of carbonyl (C=O) groups is 4. The highest BCUT2D eigenvalue weighted by atomic mass is 35.5. The molecule has 3 N–H and O–H groups in total. The molecule has 0 aliphatic carbocycles. The van der Waals surface area contributed by atoms with Gasteiger partial charge >= 0.3 is 23.9 Å². The molecule has 0 aromatic heterocycles. The van der Waals surface area contributed by atoms with Gasteiger partial charge in [-0.3, -0.25) is 19.2 Å². The first-order valence-corrected chi connectivity index (χ1v) is 10.00. The second kappa shape index (κ2) is 14.6. The summed E-state index contributed by atoms with van der Waals surface area (Å²) in [6.07, 6.45) is -0.294. The van der Waals surface area contributed by atoms with Gasteiger partial charge in [-0.1, -0.05) is 0 Å². The van der Waals surface area contributed by atoms with Gasteiger partial charge in [0.15, 0.2) is 0 Å². The molecule has 0 aliphatic rings. The maximum absolute atomic E-state index is 11.4. The van der Waals surface area contributed by atoms with Crippen molar-refractivity contribution in [1.29, 1.82) is 5.26 Å². The molecule has 0 fully saturated rings. The maximum Gasteiger partial charge on any atom is 0.308 e. The van der Waals surface area contributed by atoms with Gasteiger partial charge in [0.2, 0.25) is 0 Å². The van der Waals surface area contributed by atoms with Crippen LogP contribution in [0.4, 0.5) is 0 Å². The normalized spacial score (nSPS) is 13.0. The van der Waals surface area contributed by atoms with Crippen molar-refractivity contribution >= 4 is 35.7 Å². The number of hydrogen-bond acceptors (Lipinski definition) is 8. The number of nitrogens with zero attached hydrogens (tertiary/aromatic N) is 1. The summed E-state index contributed by atoms with van der Waals surface area (Å²) < 4.78 is 10.00. The van der Waals surface area contributed by atoms with Gasteiger partial charge in [-0.25, -0.2) is 4.84 Å². The highest BCUT2D eigenvalue weighted by Gasteiger charge is 2.25. The minimum atomic E-state index is -1.15. The SMILES string of the molecule is CC(C)(C)OC(=O)C[C@@H](CC#N)C(=O)O.CC(C)(C)OC(=O)C[C@@H](CCNCl)C(=O)O. The zero-order valence-corrected chi connectivity index (χ0v) is 19.6. The average Bonchev–Trinajstić information content (AvgIpc) is 2.55. The highest BCUT2D eigenvalue weighted by molar-refractivity contribution is 6.13. The van der Waals surface area contributed by atoms with E-state index in [1.165, 1.54) is 0 Å². The van der Waals surface area contributed by atoms with Gasteiger partial charge < -0.3 is 19.7 Å². The molecule has 0 aromatic carbocycles. The smallest absolute Gasteiger partial charge is 0.308 e. The summed E-state index contributed by atoms with van der Waals surface area (Å²) in [5, 5.41) is 25.9. The van der Waals surface area contributed by atoms with E-state index in [0.717, 1.165) is 0 Å². The number of nitrogens with one attached hydrogen (secondary N) is 1. The fourth-order valence-electron chi connectivity index (χ4n) is 2.07. The topological polar surface area (TPSA) is 163 Å². The zero-order valence-electron chi connectivity index (χ0n) is 18.9. The summed E-state index contributed by atoms with van der Waals surface area (Å²) in [5.41, 5.74) is -1.22. The van der Waals surface area contributed by atoms with Crippen LogP contribution in [0.5, 0.6) is 0 Å². The van der Waals surface area contributed by atoms with E-state index in [1.54, 1.807) is 47.6 Å². The van der Waals surface area contributed by atoms with E-state index in [-0.39, 0.29) is 25.7 Å². The Morgan fingerprint density at radius 1 is 0.903 bits per heavy atom. The van der Waals surface area contributed by atoms with Crippen LogP contribution < -0.4 is 4.84 Å². The van der Waals surface area contributed by atoms with Crippen LogP contribution in [-0.4, -0.2) is 51.8 Å². The number of aliphatic carboxylic acids is 2. The van der Waals surface area contributed by atoms with E-state index >= 15 is 0 Å². The summed E-state index contributed by atoms with van der Waals surface area (Å²) in [6, 6.07) is 1.73. The Bertz CT molecular complexity index is 647. The van der Waals surface area contributed by atoms with Crippen LogP contribution >= 0.6 is 11.8 Å². The van der Waals surface area contributed by atoms with E-state index in [1.807, 2.05) is 0 Å². The Morgan fingerprint density at radius 3 is 1.58 bits per heavy atom. The van der Waals surface area contributed by atoms with Crippen LogP contribution in [0.1, 0.15) is 67.2 Å². The van der Waals surface area contributed by atoms with Gasteiger partial charge in [-0.2, -0.15) is 5.26 Å². The maximum atomic E-state index is 11.4. The lowest BCUT2D eigenvalue weighted by molar-refractivity contribution is -0.160. The summed E-state index contributed by atoms with van der Waals surface area (Å²) in [5.74, 6) is -5.01. The molecule has 178 valence electrons. The third-order valence-corrected chi connectivity index (χ3v) is 3.48. The predicted octanol–water partition coefficient (Wildman–Crippen LogP) is 2.89. The second-order valence-corrected chi connectivity index (χ2v) is 8.95. The lowest BCUT2D eigenvalue weighted by atomic mass is 10.0. The molecule has 0 spiro atoms. The number of hydrogen-bond donors (Lipinski definition) is 3. The zero-order chi connectivity index (χ0) is 24.8. The van der Waals surface area contributed by atoms with Crippen LogP contribution in [0.15, 0.2) is 0 Å². The van der Waals surface area contributed by atoms with Gasteiger partial charge in [0, 0.05) is 13.0 Å². The number of esters is 2. The number of halogens is 1. The molecule has 11 heteroatoms. The van der Waals surface area contributed by atoms with Crippen molar-refractivity contribution in [2.75, 3.05) is 6.54 Å². The van der Waals surface area contributed by atoms with Gasteiger partial charge in [0.25, 0.3) is 0 Å². The van der Waals surface area contributed by atoms with Crippen LogP contribution in [0, 0.1) is 23.2 Å². The van der Waals surface area contributed by atoms with Gasteiger partial charge in [-0.15, -0.1) is 0 Å². The van der Waals surface area contributed by atoms with E-state index in [9.17, 15) is 19.2 Å². The van der Waals surface area contributed by atoms with Crippen molar-refractivity contribution < 1.29 is 38.9 Å². The molecule has 0 amide bonds. The summed E-state index contributed by atoms with van der Waals surface area (Å²) >= 11 is 5.23. The third kappa shape index (κ3) is 19.3. The van der Waals surface area contributed by atoms with Crippen molar-refractivity contribution in [2.45, 2.75) is 78.4 Å². The van der Waals surface area contributed by atoms with E-state index < -0.39 is 46.9 Å². The minimum absolute atomic E-state index is 0.134. The Kier molecular flexibility index (Phi) is 14.5. The second-order valence-electron chi connectivity index (χ2n) is 8.69. The fourth-order valence-corrected chi connectivity index (χ4v) is 2.18. The van der Waals surface area contributed by atoms with Gasteiger partial charge in [-0.05, 0) is 59.7 Å². The third-order valence-electron chi connectivity index (χ3n) is 3.29. The number of rotatable bonds is 10. The monoisotopic (exact) mass is 464 g/mol. The van der Waals surface area contributed by atoms with Crippen LogP contribution in [0.3, 0.4) is 0 Å². The first kappa shape index (κ1) is 30.8. The molecule has 0 heterocycles. The van der Waals surface area contributed by atoms with E-state index in [2.05, 4.69) is 4.84 Å². The molecule has 0 saturated heterocycles. The Labute approximate surface area is 187 Å². The molecule has 31 heavy (non-hydrogen) atoms. The molecule has 0 saturated carbocycles. The standard InChI is InChI=1S/C10H18ClNO4.C10H15NO4/c1-10(2,3)16-8(13)6-7(9(14)15)4-5-12-11;1-10(2,3)15-8(12)6-7(4-5-11)9(13)14/h7,12H,4-6H2,1-3H3,(H,14,15);7H,4,6H2,1-3H3,(H,13,14)/t2*7-/m11/s1. The molecule has 0 radical (unpaired) electrons. The molecule has 10 nitrogen and oxygen atoms in total. The van der Waals surface area contributed by atoms with Crippen molar-refractivity contribution in [3.05, 3.63) is 0 Å². The Balaban J connectivity index is 0. The van der Waals surface area contributed by atoms with E-state index in [4.69, 9.17) is 36.7 Å². The highest BCUT2D eigenvalue weighted by Crippen LogP contribution is 2.15. The van der Waals surface area contributed by atoms with Crippen LogP contribution in [0.25, 0.3) is 0 Å². The van der Waals surface area contributed by atoms with Crippen LogP contribution in [0.2, 0.25) is 0 Å². The fraction of sp³-hybridized carbons (Fsp3) is 0.750. The molecule has 0 bridgehead atoms. The van der Waals surface area contributed by atoms with Gasteiger partial charge in [0.1, 0.15) is 11.2 Å². The van der Waals surface area contributed by atoms with Gasteiger partial charge in [0.05, 0.1) is 30.7 Å². The number of carboxylic acid groups (broad SMARTS) is 2. The molecule has 0 unspecified atom stereocenters. The molecule has 0 aliphatic heterocycles. The summed E-state index contributed by atoms with van der Waals surface area (Å²) in [7, 11) is 0. The lowest BCUT2D eigenvalue weighted by Crippen LogP contribution is -2.28. The Hall–Kier alpha value is -2.38. The molecular formula is C20H33ClN2O8. The molecule has 0 rings (SSSR count). The molecular weight excluding hydrogens is 432 g/mol. The Morgan fingerprint density at radius 2 is 1.29 bits per heavy atom. The number of nitriles is 1. The van der Waals surface area contributed by atoms with Crippen molar-refractivity contribution in [3.8, 4) is 6.07 Å². The number of carbonyl (C=O) groups excluding carboxylic acids is 2. The summed E-state index contributed by atoms with van der Waals surface area (Å²) in [6.45, 7) is 10.6. The van der Waals surface area contributed by atoms with Crippen molar-refractivity contribution in [3.63, 3.8) is 0 Å². The first-order valence-electron chi connectivity index (χ1n) is 9.62. The number of carboxylic acids is 2.